The number of hydrogen-bond donors (Lipinski definition) is 2. The first-order valence-electron chi connectivity index (χ1n) is 8.96. The number of pyridine rings is 2. The van der Waals surface area contributed by atoms with Gasteiger partial charge < -0.3 is 4.98 Å². The average Bonchev–Trinajstić information content (AvgIpc) is 3.52. The fourth-order valence-electron chi connectivity index (χ4n) is 3.54. The van der Waals surface area contributed by atoms with E-state index in [1.54, 1.807) is 29.9 Å². The second-order valence-electron chi connectivity index (χ2n) is 6.66. The van der Waals surface area contributed by atoms with E-state index in [0.717, 1.165) is 44.4 Å². The summed E-state index contributed by atoms with van der Waals surface area (Å²) in [5.74, 6) is 0. The van der Waals surface area contributed by atoms with Crippen molar-refractivity contribution >= 4 is 33.3 Å². The predicted molar refractivity (Wildman–Crippen MR) is 113 cm³/mol. The van der Waals surface area contributed by atoms with E-state index in [0.29, 0.717) is 5.65 Å². The van der Waals surface area contributed by atoms with Crippen LogP contribution in [0.15, 0.2) is 66.3 Å². The maximum absolute atomic E-state index is 4.49. The summed E-state index contributed by atoms with van der Waals surface area (Å²) in [6.45, 7) is 0. The lowest BCUT2D eigenvalue weighted by Crippen LogP contribution is -1.85. The molecule has 0 fully saturated rings. The van der Waals surface area contributed by atoms with Gasteiger partial charge in [-0.05, 0) is 34.5 Å². The molecule has 138 valence electrons. The third-order valence-corrected chi connectivity index (χ3v) is 5.63. The minimum atomic E-state index is 0.662. The molecule has 0 atom stereocenters. The molecule has 6 aromatic rings. The summed E-state index contributed by atoms with van der Waals surface area (Å²) >= 11 is 1.68. The summed E-state index contributed by atoms with van der Waals surface area (Å²) in [6.07, 6.45) is 10.6. The number of rotatable bonds is 3. The number of H-pyrrole nitrogens is 2. The quantitative estimate of drug-likeness (QED) is 0.453. The molecule has 0 aromatic carbocycles. The minimum absolute atomic E-state index is 0.662. The molecule has 0 saturated heterocycles. The topological polar surface area (TPSA) is 96.0 Å². The van der Waals surface area contributed by atoms with Crippen LogP contribution in [-0.2, 0) is 0 Å². The van der Waals surface area contributed by atoms with Gasteiger partial charge in [-0.3, -0.25) is 10.1 Å². The van der Waals surface area contributed by atoms with Gasteiger partial charge >= 0.3 is 0 Å². The van der Waals surface area contributed by atoms with Crippen LogP contribution in [-0.4, -0.2) is 35.1 Å². The molecule has 0 unspecified atom stereocenters. The molecule has 0 spiro atoms. The van der Waals surface area contributed by atoms with Crippen molar-refractivity contribution in [2.24, 2.45) is 0 Å². The maximum atomic E-state index is 4.49. The normalized spacial score (nSPS) is 11.4. The summed E-state index contributed by atoms with van der Waals surface area (Å²) in [6, 6.07) is 6.30. The number of nitrogens with zero attached hydrogens (tertiary/aromatic N) is 5. The number of thiophene rings is 1. The molecule has 8 heteroatoms. The second kappa shape index (κ2) is 6.32. The van der Waals surface area contributed by atoms with Crippen molar-refractivity contribution in [2.75, 3.05) is 0 Å². The first-order chi connectivity index (χ1) is 14.4. The number of nitrogens with one attached hydrogen (secondary N) is 2. The van der Waals surface area contributed by atoms with Crippen molar-refractivity contribution in [3.63, 3.8) is 0 Å². The standard InChI is InChI=1S/C21H13N7S/c1-2-29-10-12(1)17-8-22-9-19-15(17)4-18(26-19)20-16-3-13(7-25-21(16)28-27-20)14-5-23-11-24-6-14/h1-11,26H,(H,25,27,28). The molecule has 0 saturated carbocycles. The maximum Gasteiger partial charge on any atom is 0.181 e. The van der Waals surface area contributed by atoms with Crippen LogP contribution in [0.4, 0.5) is 0 Å². The van der Waals surface area contributed by atoms with E-state index in [1.807, 2.05) is 12.4 Å². The lowest BCUT2D eigenvalue weighted by atomic mass is 10.1. The van der Waals surface area contributed by atoms with Crippen molar-refractivity contribution in [3.8, 4) is 33.6 Å². The van der Waals surface area contributed by atoms with E-state index in [1.165, 1.54) is 11.9 Å². The zero-order valence-electron chi connectivity index (χ0n) is 15.0. The van der Waals surface area contributed by atoms with Gasteiger partial charge in [0.05, 0.1) is 23.1 Å². The number of aromatic amines is 2. The van der Waals surface area contributed by atoms with Crippen molar-refractivity contribution in [1.29, 1.82) is 0 Å². The molecule has 6 aromatic heterocycles. The second-order valence-corrected chi connectivity index (χ2v) is 7.44. The summed E-state index contributed by atoms with van der Waals surface area (Å²) < 4.78 is 0. The van der Waals surface area contributed by atoms with E-state index < -0.39 is 0 Å². The van der Waals surface area contributed by atoms with E-state index in [2.05, 4.69) is 64.1 Å². The highest BCUT2D eigenvalue weighted by molar-refractivity contribution is 7.08. The lowest BCUT2D eigenvalue weighted by molar-refractivity contribution is 1.10. The van der Waals surface area contributed by atoms with Crippen molar-refractivity contribution < 1.29 is 0 Å². The van der Waals surface area contributed by atoms with Gasteiger partial charge in [-0.2, -0.15) is 16.4 Å². The highest BCUT2D eigenvalue weighted by Gasteiger charge is 2.15. The molecule has 2 N–H and O–H groups in total. The Morgan fingerprint density at radius 3 is 2.62 bits per heavy atom. The minimum Gasteiger partial charge on any atom is -0.352 e. The third-order valence-electron chi connectivity index (χ3n) is 4.95. The number of fused-ring (bicyclic) bond motifs is 2. The molecule has 0 aliphatic rings. The smallest absolute Gasteiger partial charge is 0.181 e. The summed E-state index contributed by atoms with van der Waals surface area (Å²) in [4.78, 5) is 20.6. The van der Waals surface area contributed by atoms with Gasteiger partial charge in [-0.1, -0.05) is 0 Å². The van der Waals surface area contributed by atoms with Crippen LogP contribution in [0.5, 0.6) is 0 Å². The van der Waals surface area contributed by atoms with Crippen LogP contribution in [0.25, 0.3) is 55.6 Å². The van der Waals surface area contributed by atoms with Crippen LogP contribution < -0.4 is 0 Å². The Balaban J connectivity index is 1.53. The van der Waals surface area contributed by atoms with Gasteiger partial charge in [0.25, 0.3) is 0 Å². The van der Waals surface area contributed by atoms with Crippen LogP contribution in [0.1, 0.15) is 0 Å². The van der Waals surface area contributed by atoms with Crippen LogP contribution in [0, 0.1) is 0 Å². The fraction of sp³-hybridized carbons (Fsp3) is 0. The number of hydrogen-bond acceptors (Lipinski definition) is 6. The molecule has 7 nitrogen and oxygen atoms in total. The highest BCUT2D eigenvalue weighted by atomic mass is 32.1. The summed E-state index contributed by atoms with van der Waals surface area (Å²) in [5, 5.41) is 13.8. The molecule has 6 rings (SSSR count). The average molecular weight is 395 g/mol. The Kier molecular flexibility index (Phi) is 3.50. The highest BCUT2D eigenvalue weighted by Crippen LogP contribution is 2.34. The Labute approximate surface area is 168 Å². The van der Waals surface area contributed by atoms with E-state index in [4.69, 9.17) is 0 Å². The molecular formula is C21H13N7S. The first-order valence-corrected chi connectivity index (χ1v) is 9.90. The van der Waals surface area contributed by atoms with Crippen molar-refractivity contribution in [2.45, 2.75) is 0 Å². The van der Waals surface area contributed by atoms with Gasteiger partial charge in [-0.25, -0.2) is 15.0 Å². The van der Waals surface area contributed by atoms with Gasteiger partial charge in [0.2, 0.25) is 0 Å². The predicted octanol–water partition coefficient (Wildman–Crippen LogP) is 4.69. The molecular weight excluding hydrogens is 382 g/mol. The molecule has 0 amide bonds. The number of aromatic nitrogens is 7. The Hall–Kier alpha value is -3.91. The van der Waals surface area contributed by atoms with Crippen molar-refractivity contribution in [3.05, 3.63) is 66.3 Å². The first kappa shape index (κ1) is 16.1. The van der Waals surface area contributed by atoms with E-state index in [-0.39, 0.29) is 0 Å². The zero-order valence-corrected chi connectivity index (χ0v) is 15.8. The van der Waals surface area contributed by atoms with Gasteiger partial charge in [0.15, 0.2) is 5.65 Å². The fourth-order valence-corrected chi connectivity index (χ4v) is 4.20. The largest absolute Gasteiger partial charge is 0.352 e. The van der Waals surface area contributed by atoms with E-state index >= 15 is 0 Å². The third kappa shape index (κ3) is 2.61. The van der Waals surface area contributed by atoms with Crippen LogP contribution >= 0.6 is 11.3 Å². The Morgan fingerprint density at radius 1 is 0.828 bits per heavy atom. The summed E-state index contributed by atoms with van der Waals surface area (Å²) in [7, 11) is 0. The monoisotopic (exact) mass is 395 g/mol. The molecule has 0 aliphatic heterocycles. The molecule has 29 heavy (non-hydrogen) atoms. The Bertz CT molecular complexity index is 1450. The molecule has 0 aliphatic carbocycles. The van der Waals surface area contributed by atoms with Crippen LogP contribution in [0.3, 0.4) is 0 Å². The van der Waals surface area contributed by atoms with Crippen LogP contribution in [0.2, 0.25) is 0 Å². The molecule has 6 heterocycles. The zero-order chi connectivity index (χ0) is 19.2. The van der Waals surface area contributed by atoms with Gasteiger partial charge in [-0.15, -0.1) is 0 Å². The summed E-state index contributed by atoms with van der Waals surface area (Å²) in [5.41, 5.74) is 7.60. The van der Waals surface area contributed by atoms with Gasteiger partial charge in [0.1, 0.15) is 6.33 Å². The molecule has 0 radical (unpaired) electrons. The van der Waals surface area contributed by atoms with Gasteiger partial charge in [0, 0.05) is 52.3 Å². The SMILES string of the molecule is c1ncc(-c2cnc3n[nH]c(-c4cc5c(-c6ccsc6)cncc5[nH]4)c3c2)cn1. The van der Waals surface area contributed by atoms with Crippen molar-refractivity contribution in [1.82, 2.24) is 35.1 Å². The Morgan fingerprint density at radius 2 is 1.76 bits per heavy atom. The lowest BCUT2D eigenvalue weighted by Gasteiger charge is -2.00. The molecule has 0 bridgehead atoms. The van der Waals surface area contributed by atoms with E-state index in [9.17, 15) is 0 Å².